The van der Waals surface area contributed by atoms with Gasteiger partial charge in [0, 0.05) is 6.04 Å². The summed E-state index contributed by atoms with van der Waals surface area (Å²) in [6.45, 7) is 7.43. The van der Waals surface area contributed by atoms with Crippen molar-refractivity contribution in [3.63, 3.8) is 0 Å². The molecule has 0 aromatic heterocycles. The van der Waals surface area contributed by atoms with E-state index in [9.17, 15) is 0 Å². The number of hydrogen-bond donors (Lipinski definition) is 1. The standard InChI is InChI=1S/C16H30N2/c1-4-6-14-7-9-15(10-8-14)18-12-5-11-16(2,3)13-17/h14-15,18H,4-12H2,1-3H3. The third-order valence-electron chi connectivity index (χ3n) is 4.26. The highest BCUT2D eigenvalue weighted by Gasteiger charge is 2.20. The zero-order valence-corrected chi connectivity index (χ0v) is 12.5. The van der Waals surface area contributed by atoms with E-state index in [0.29, 0.717) is 0 Å². The summed E-state index contributed by atoms with van der Waals surface area (Å²) in [4.78, 5) is 0. The molecule has 0 saturated heterocycles. The quantitative estimate of drug-likeness (QED) is 0.685. The van der Waals surface area contributed by atoms with E-state index in [1.165, 1.54) is 38.5 Å². The van der Waals surface area contributed by atoms with Crippen molar-refractivity contribution < 1.29 is 0 Å². The summed E-state index contributed by atoms with van der Waals surface area (Å²) in [5.41, 5.74) is -0.152. The summed E-state index contributed by atoms with van der Waals surface area (Å²) in [7, 11) is 0. The van der Waals surface area contributed by atoms with Crippen LogP contribution in [-0.4, -0.2) is 12.6 Å². The highest BCUT2D eigenvalue weighted by atomic mass is 14.9. The van der Waals surface area contributed by atoms with Crippen LogP contribution in [0.3, 0.4) is 0 Å². The Labute approximate surface area is 113 Å². The molecule has 1 aliphatic carbocycles. The maximum Gasteiger partial charge on any atom is 0.0683 e. The Balaban J connectivity index is 2.06. The largest absolute Gasteiger partial charge is 0.314 e. The Bertz CT molecular complexity index is 257. The summed E-state index contributed by atoms with van der Waals surface area (Å²) in [5.74, 6) is 0.991. The maximum atomic E-state index is 8.95. The van der Waals surface area contributed by atoms with Gasteiger partial charge in [0.05, 0.1) is 11.5 Å². The lowest BCUT2D eigenvalue weighted by Crippen LogP contribution is -2.34. The highest BCUT2D eigenvalue weighted by molar-refractivity contribution is 4.91. The van der Waals surface area contributed by atoms with E-state index >= 15 is 0 Å². The molecular formula is C16H30N2. The molecule has 0 aromatic carbocycles. The van der Waals surface area contributed by atoms with Crippen LogP contribution in [0.25, 0.3) is 0 Å². The molecule has 0 unspecified atom stereocenters. The van der Waals surface area contributed by atoms with Crippen LogP contribution in [0.4, 0.5) is 0 Å². The SMILES string of the molecule is CCCC1CCC(NCCCC(C)(C)C#N)CC1. The van der Waals surface area contributed by atoms with Gasteiger partial charge in [-0.2, -0.15) is 5.26 Å². The average molecular weight is 250 g/mol. The van der Waals surface area contributed by atoms with E-state index in [-0.39, 0.29) is 5.41 Å². The molecule has 0 spiro atoms. The number of hydrogen-bond acceptors (Lipinski definition) is 2. The van der Waals surface area contributed by atoms with Gasteiger partial charge in [-0.3, -0.25) is 0 Å². The van der Waals surface area contributed by atoms with Gasteiger partial charge in [-0.05, 0) is 64.8 Å². The highest BCUT2D eigenvalue weighted by Crippen LogP contribution is 2.27. The molecule has 1 aliphatic rings. The van der Waals surface area contributed by atoms with Crippen molar-refractivity contribution in [2.45, 2.75) is 78.2 Å². The number of nitrogens with one attached hydrogen (secondary N) is 1. The van der Waals surface area contributed by atoms with Crippen LogP contribution in [0.1, 0.15) is 72.1 Å². The fourth-order valence-corrected chi connectivity index (χ4v) is 2.96. The second-order valence-electron chi connectivity index (χ2n) is 6.56. The molecule has 0 aromatic rings. The van der Waals surface area contributed by atoms with E-state index < -0.39 is 0 Å². The van der Waals surface area contributed by atoms with E-state index in [4.69, 9.17) is 5.26 Å². The van der Waals surface area contributed by atoms with E-state index in [1.807, 2.05) is 13.8 Å². The number of rotatable bonds is 7. The minimum atomic E-state index is -0.152. The summed E-state index contributed by atoms with van der Waals surface area (Å²) in [6, 6.07) is 3.11. The van der Waals surface area contributed by atoms with Crippen molar-refractivity contribution in [1.29, 1.82) is 5.26 Å². The fourth-order valence-electron chi connectivity index (χ4n) is 2.96. The first-order valence-electron chi connectivity index (χ1n) is 7.72. The Hall–Kier alpha value is -0.550. The molecule has 18 heavy (non-hydrogen) atoms. The van der Waals surface area contributed by atoms with Crippen LogP contribution in [0, 0.1) is 22.7 Å². The van der Waals surface area contributed by atoms with Crippen molar-refractivity contribution >= 4 is 0 Å². The Morgan fingerprint density at radius 2 is 1.89 bits per heavy atom. The van der Waals surface area contributed by atoms with Gasteiger partial charge in [-0.1, -0.05) is 19.8 Å². The van der Waals surface area contributed by atoms with Crippen molar-refractivity contribution in [2.24, 2.45) is 11.3 Å². The van der Waals surface area contributed by atoms with Crippen LogP contribution >= 0.6 is 0 Å². The Kier molecular flexibility index (Phi) is 6.71. The maximum absolute atomic E-state index is 8.95. The lowest BCUT2D eigenvalue weighted by molar-refractivity contribution is 0.275. The van der Waals surface area contributed by atoms with Crippen LogP contribution in [0.15, 0.2) is 0 Å². The number of nitrogens with zero attached hydrogens (tertiary/aromatic N) is 1. The van der Waals surface area contributed by atoms with Crippen LogP contribution in [0.5, 0.6) is 0 Å². The molecule has 2 nitrogen and oxygen atoms in total. The molecule has 2 heteroatoms. The first-order valence-corrected chi connectivity index (χ1v) is 7.72. The van der Waals surface area contributed by atoms with Gasteiger partial charge in [0.25, 0.3) is 0 Å². The molecule has 104 valence electrons. The van der Waals surface area contributed by atoms with Crippen LogP contribution in [-0.2, 0) is 0 Å². The molecular weight excluding hydrogens is 220 g/mol. The van der Waals surface area contributed by atoms with Crippen molar-refractivity contribution in [1.82, 2.24) is 5.32 Å². The smallest absolute Gasteiger partial charge is 0.0683 e. The van der Waals surface area contributed by atoms with Crippen molar-refractivity contribution in [2.75, 3.05) is 6.54 Å². The van der Waals surface area contributed by atoms with Gasteiger partial charge in [-0.15, -0.1) is 0 Å². The number of nitriles is 1. The molecule has 1 saturated carbocycles. The molecule has 1 fully saturated rings. The van der Waals surface area contributed by atoms with Gasteiger partial charge >= 0.3 is 0 Å². The van der Waals surface area contributed by atoms with Gasteiger partial charge in [-0.25, -0.2) is 0 Å². The summed E-state index contributed by atoms with van der Waals surface area (Å²) < 4.78 is 0. The van der Waals surface area contributed by atoms with Crippen LogP contribution in [0.2, 0.25) is 0 Å². The topological polar surface area (TPSA) is 35.8 Å². The lowest BCUT2D eigenvalue weighted by Gasteiger charge is -2.29. The van der Waals surface area contributed by atoms with Gasteiger partial charge < -0.3 is 5.32 Å². The summed E-state index contributed by atoms with van der Waals surface area (Å²) in [6.07, 6.45) is 10.4. The average Bonchev–Trinajstić information content (AvgIpc) is 2.37. The first-order chi connectivity index (χ1) is 8.57. The molecule has 0 atom stereocenters. The second kappa shape index (κ2) is 7.79. The van der Waals surface area contributed by atoms with Crippen molar-refractivity contribution in [3.05, 3.63) is 0 Å². The van der Waals surface area contributed by atoms with Gasteiger partial charge in [0.2, 0.25) is 0 Å². The predicted octanol–water partition coefficient (Wildman–Crippen LogP) is 4.26. The molecule has 0 amide bonds. The van der Waals surface area contributed by atoms with E-state index in [1.54, 1.807) is 0 Å². The zero-order chi connectivity index (χ0) is 13.4. The molecule has 1 N–H and O–H groups in total. The minimum Gasteiger partial charge on any atom is -0.314 e. The first kappa shape index (κ1) is 15.5. The summed E-state index contributed by atoms with van der Waals surface area (Å²) in [5, 5.41) is 12.6. The van der Waals surface area contributed by atoms with Gasteiger partial charge in [0.1, 0.15) is 0 Å². The van der Waals surface area contributed by atoms with Crippen molar-refractivity contribution in [3.8, 4) is 6.07 Å². The monoisotopic (exact) mass is 250 g/mol. The Morgan fingerprint density at radius 1 is 1.22 bits per heavy atom. The van der Waals surface area contributed by atoms with E-state index in [0.717, 1.165) is 31.3 Å². The lowest BCUT2D eigenvalue weighted by atomic mass is 9.83. The molecule has 0 radical (unpaired) electrons. The van der Waals surface area contributed by atoms with Gasteiger partial charge in [0.15, 0.2) is 0 Å². The summed E-state index contributed by atoms with van der Waals surface area (Å²) >= 11 is 0. The fraction of sp³-hybridized carbons (Fsp3) is 0.938. The third kappa shape index (κ3) is 5.87. The molecule has 0 aliphatic heterocycles. The predicted molar refractivity (Wildman–Crippen MR) is 77.3 cm³/mol. The second-order valence-corrected chi connectivity index (χ2v) is 6.56. The van der Waals surface area contributed by atoms with E-state index in [2.05, 4.69) is 18.3 Å². The molecule has 0 bridgehead atoms. The minimum absolute atomic E-state index is 0.152. The van der Waals surface area contributed by atoms with Crippen LogP contribution < -0.4 is 5.32 Å². The molecule has 1 rings (SSSR count). The normalized spacial score (nSPS) is 24.8. The zero-order valence-electron chi connectivity index (χ0n) is 12.5. The third-order valence-corrected chi connectivity index (χ3v) is 4.26. The molecule has 0 heterocycles. The Morgan fingerprint density at radius 3 is 2.44 bits per heavy atom.